The molecule has 102 valence electrons. The van der Waals surface area contributed by atoms with Gasteiger partial charge in [-0.15, -0.1) is 0 Å². The molecule has 0 radical (unpaired) electrons. The predicted octanol–water partition coefficient (Wildman–Crippen LogP) is 4.09. The van der Waals surface area contributed by atoms with Crippen LogP contribution >= 0.6 is 12.6 Å². The Morgan fingerprint density at radius 3 is 2.68 bits per heavy atom. The Morgan fingerprint density at radius 2 is 2.00 bits per heavy atom. The Kier molecular flexibility index (Phi) is 3.57. The lowest BCUT2D eigenvalue weighted by molar-refractivity contribution is 0.290. The van der Waals surface area contributed by atoms with Crippen LogP contribution in [0.15, 0.2) is 24.3 Å². The molecule has 0 amide bonds. The van der Waals surface area contributed by atoms with Crippen LogP contribution in [0.1, 0.15) is 38.4 Å². The average Bonchev–Trinajstić information content (AvgIpc) is 3.05. The van der Waals surface area contributed by atoms with E-state index in [1.807, 2.05) is 0 Å². The van der Waals surface area contributed by atoms with Crippen molar-refractivity contribution < 1.29 is 0 Å². The van der Waals surface area contributed by atoms with Crippen LogP contribution in [0.4, 0.5) is 0 Å². The van der Waals surface area contributed by atoms with E-state index in [1.54, 1.807) is 0 Å². The van der Waals surface area contributed by atoms with Crippen molar-refractivity contribution in [3.63, 3.8) is 0 Å². The fraction of sp³-hybridized carbons (Fsp3) is 0.562. The Balaban J connectivity index is 2.03. The zero-order valence-electron chi connectivity index (χ0n) is 11.6. The number of hydrogen-bond acceptors (Lipinski definition) is 2. The smallest absolute Gasteiger partial charge is 0.109 e. The van der Waals surface area contributed by atoms with Gasteiger partial charge in [-0.3, -0.25) is 0 Å². The molecule has 1 fully saturated rings. The molecule has 0 bridgehead atoms. The second kappa shape index (κ2) is 5.20. The first-order valence-electron chi connectivity index (χ1n) is 7.33. The van der Waals surface area contributed by atoms with Crippen LogP contribution in [0.2, 0.25) is 0 Å². The molecular weight excluding hydrogens is 252 g/mol. The summed E-state index contributed by atoms with van der Waals surface area (Å²) in [6.07, 6.45) is 6.33. The first-order chi connectivity index (χ1) is 9.28. The quantitative estimate of drug-likeness (QED) is 0.831. The third kappa shape index (κ3) is 2.29. The van der Waals surface area contributed by atoms with Crippen LogP contribution in [0, 0.1) is 5.41 Å². The van der Waals surface area contributed by atoms with Gasteiger partial charge in [-0.05, 0) is 36.1 Å². The summed E-state index contributed by atoms with van der Waals surface area (Å²) in [6, 6.07) is 8.50. The van der Waals surface area contributed by atoms with Crippen LogP contribution < -0.4 is 0 Å². The molecule has 3 rings (SSSR count). The number of imidazole rings is 1. The van der Waals surface area contributed by atoms with Gasteiger partial charge in [0.15, 0.2) is 0 Å². The van der Waals surface area contributed by atoms with Crippen molar-refractivity contribution >= 4 is 23.7 Å². The predicted molar refractivity (Wildman–Crippen MR) is 83.9 cm³/mol. The first kappa shape index (κ1) is 13.0. The maximum absolute atomic E-state index is 4.78. The van der Waals surface area contributed by atoms with Gasteiger partial charge in [-0.25, -0.2) is 4.98 Å². The highest BCUT2D eigenvalue weighted by atomic mass is 32.1. The summed E-state index contributed by atoms with van der Waals surface area (Å²) in [5, 5.41) is 0. The van der Waals surface area contributed by atoms with Crippen LogP contribution in [-0.4, -0.2) is 15.3 Å². The summed E-state index contributed by atoms with van der Waals surface area (Å²) in [5.41, 5.74) is 2.80. The minimum absolute atomic E-state index is 0.385. The molecule has 3 heteroatoms. The number of rotatable bonds is 4. The average molecular weight is 274 g/mol. The lowest BCUT2D eigenvalue weighted by atomic mass is 9.88. The highest BCUT2D eigenvalue weighted by Crippen LogP contribution is 2.41. The normalized spacial score (nSPS) is 18.2. The molecule has 2 nitrogen and oxygen atoms in total. The molecular formula is C16H22N2S. The van der Waals surface area contributed by atoms with E-state index in [1.165, 1.54) is 37.0 Å². The van der Waals surface area contributed by atoms with E-state index in [0.29, 0.717) is 5.41 Å². The van der Waals surface area contributed by atoms with Crippen molar-refractivity contribution in [2.24, 2.45) is 5.41 Å². The first-order valence-corrected chi connectivity index (χ1v) is 7.96. The Morgan fingerprint density at radius 1 is 1.26 bits per heavy atom. The number of benzene rings is 1. The number of thiol groups is 1. The van der Waals surface area contributed by atoms with Gasteiger partial charge in [0, 0.05) is 13.0 Å². The topological polar surface area (TPSA) is 17.8 Å². The standard InChI is InChI=1S/C16H22N2S/c1-2-15-17-13-7-3-4-8-14(13)18(15)11-16(12-19)9-5-6-10-16/h3-4,7-8,19H,2,5-6,9-12H2,1H3. The van der Waals surface area contributed by atoms with Crippen LogP contribution in [0.5, 0.6) is 0 Å². The maximum Gasteiger partial charge on any atom is 0.109 e. The molecule has 1 saturated carbocycles. The van der Waals surface area contributed by atoms with Crippen LogP contribution in [0.3, 0.4) is 0 Å². The fourth-order valence-corrected chi connectivity index (χ4v) is 3.81. The molecule has 2 aromatic rings. The second-order valence-electron chi connectivity index (χ2n) is 5.82. The van der Waals surface area contributed by atoms with Crippen molar-refractivity contribution in [1.82, 2.24) is 9.55 Å². The molecule has 1 aliphatic rings. The molecule has 0 atom stereocenters. The van der Waals surface area contributed by atoms with Crippen molar-refractivity contribution in [2.75, 3.05) is 5.75 Å². The van der Waals surface area contributed by atoms with E-state index in [2.05, 4.69) is 48.4 Å². The van der Waals surface area contributed by atoms with Gasteiger partial charge in [-0.2, -0.15) is 12.6 Å². The van der Waals surface area contributed by atoms with E-state index in [0.717, 1.165) is 24.2 Å². The SMILES string of the molecule is CCc1nc2ccccc2n1CC1(CS)CCCC1. The van der Waals surface area contributed by atoms with Crippen molar-refractivity contribution in [1.29, 1.82) is 0 Å². The van der Waals surface area contributed by atoms with Crippen LogP contribution in [0.25, 0.3) is 11.0 Å². The third-order valence-electron chi connectivity index (χ3n) is 4.54. The van der Waals surface area contributed by atoms with Gasteiger partial charge in [0.1, 0.15) is 5.82 Å². The molecule has 19 heavy (non-hydrogen) atoms. The Labute approximate surface area is 120 Å². The fourth-order valence-electron chi connectivity index (χ4n) is 3.40. The summed E-state index contributed by atoms with van der Waals surface area (Å²) in [5.74, 6) is 2.21. The minimum Gasteiger partial charge on any atom is -0.327 e. The number of aryl methyl sites for hydroxylation is 1. The van der Waals surface area contributed by atoms with E-state index < -0.39 is 0 Å². The molecule has 1 heterocycles. The van der Waals surface area contributed by atoms with Gasteiger partial charge < -0.3 is 4.57 Å². The summed E-state index contributed by atoms with van der Waals surface area (Å²) in [7, 11) is 0. The monoisotopic (exact) mass is 274 g/mol. The Hall–Kier alpha value is -0.960. The zero-order valence-corrected chi connectivity index (χ0v) is 12.5. The molecule has 1 aliphatic carbocycles. The number of aromatic nitrogens is 2. The van der Waals surface area contributed by atoms with E-state index in [-0.39, 0.29) is 0 Å². The third-order valence-corrected chi connectivity index (χ3v) is 5.21. The summed E-state index contributed by atoms with van der Waals surface area (Å²) in [4.78, 5) is 4.78. The van der Waals surface area contributed by atoms with Gasteiger partial charge in [-0.1, -0.05) is 31.9 Å². The lowest BCUT2D eigenvalue weighted by Crippen LogP contribution is -2.26. The molecule has 0 saturated heterocycles. The molecule has 1 aromatic heterocycles. The van der Waals surface area contributed by atoms with Crippen LogP contribution in [-0.2, 0) is 13.0 Å². The van der Waals surface area contributed by atoms with Gasteiger partial charge in [0.25, 0.3) is 0 Å². The number of fused-ring (bicyclic) bond motifs is 1. The molecule has 0 spiro atoms. The number of hydrogen-bond donors (Lipinski definition) is 1. The van der Waals surface area contributed by atoms with Crippen molar-refractivity contribution in [2.45, 2.75) is 45.6 Å². The second-order valence-corrected chi connectivity index (χ2v) is 6.14. The van der Waals surface area contributed by atoms with Gasteiger partial charge in [0.2, 0.25) is 0 Å². The van der Waals surface area contributed by atoms with Crippen molar-refractivity contribution in [3.05, 3.63) is 30.1 Å². The minimum atomic E-state index is 0.385. The zero-order chi connectivity index (χ0) is 13.3. The molecule has 0 unspecified atom stereocenters. The number of para-hydroxylation sites is 2. The Bertz CT molecular complexity index is 567. The summed E-state index contributed by atoms with van der Waals surface area (Å²) in [6.45, 7) is 3.28. The van der Waals surface area contributed by atoms with E-state index >= 15 is 0 Å². The van der Waals surface area contributed by atoms with Gasteiger partial charge in [0.05, 0.1) is 11.0 Å². The molecule has 1 aromatic carbocycles. The summed E-state index contributed by atoms with van der Waals surface area (Å²) >= 11 is 4.64. The highest BCUT2D eigenvalue weighted by molar-refractivity contribution is 7.80. The molecule has 0 aliphatic heterocycles. The maximum atomic E-state index is 4.78. The van der Waals surface area contributed by atoms with E-state index in [9.17, 15) is 0 Å². The molecule has 0 N–H and O–H groups in total. The number of nitrogens with zero attached hydrogens (tertiary/aromatic N) is 2. The highest BCUT2D eigenvalue weighted by Gasteiger charge is 2.33. The lowest BCUT2D eigenvalue weighted by Gasteiger charge is -2.28. The largest absolute Gasteiger partial charge is 0.327 e. The van der Waals surface area contributed by atoms with Gasteiger partial charge >= 0.3 is 0 Å². The van der Waals surface area contributed by atoms with Crippen molar-refractivity contribution in [3.8, 4) is 0 Å². The summed E-state index contributed by atoms with van der Waals surface area (Å²) < 4.78 is 2.44. The van der Waals surface area contributed by atoms with E-state index in [4.69, 9.17) is 4.98 Å².